The molecule has 1 aliphatic rings. The predicted octanol–water partition coefficient (Wildman–Crippen LogP) is 5.18. The number of nitrogens with one attached hydrogen (secondary N) is 1. The molecule has 33 heavy (non-hydrogen) atoms. The standard InChI is InChI=1S/C27H36N2O3S/c1-3-25(27(31)28-23-13-7-8-14-23)29(19-22-12-9-15-24(18-22)32-2)26(30)16-17-33-20-21-10-5-4-6-11-21/h4-6,9-12,15,18,23,25H,3,7-8,13-14,16-17,19-20H2,1-2H3,(H,28,31). The molecule has 0 spiro atoms. The molecule has 0 radical (unpaired) electrons. The summed E-state index contributed by atoms with van der Waals surface area (Å²) in [7, 11) is 1.63. The van der Waals surface area contributed by atoms with Crippen molar-refractivity contribution in [1.82, 2.24) is 10.2 Å². The van der Waals surface area contributed by atoms with Crippen molar-refractivity contribution in [2.45, 2.75) is 69.8 Å². The molecule has 2 aromatic carbocycles. The maximum atomic E-state index is 13.4. The number of hydrogen-bond acceptors (Lipinski definition) is 4. The predicted molar refractivity (Wildman–Crippen MR) is 135 cm³/mol. The largest absolute Gasteiger partial charge is 0.497 e. The van der Waals surface area contributed by atoms with Crippen LogP contribution in [0.25, 0.3) is 0 Å². The highest BCUT2D eigenvalue weighted by Crippen LogP contribution is 2.21. The number of carbonyl (C=O) groups excluding carboxylic acids is 2. The summed E-state index contributed by atoms with van der Waals surface area (Å²) in [5.41, 5.74) is 2.22. The van der Waals surface area contributed by atoms with Gasteiger partial charge in [-0.1, -0.05) is 62.2 Å². The lowest BCUT2D eigenvalue weighted by Crippen LogP contribution is -2.51. The summed E-state index contributed by atoms with van der Waals surface area (Å²) in [6.45, 7) is 2.38. The van der Waals surface area contributed by atoms with Crippen molar-refractivity contribution in [3.05, 3.63) is 65.7 Å². The zero-order chi connectivity index (χ0) is 23.5. The van der Waals surface area contributed by atoms with Crippen LogP contribution in [-0.4, -0.2) is 41.7 Å². The molecule has 1 N–H and O–H groups in total. The number of benzene rings is 2. The van der Waals surface area contributed by atoms with Crippen LogP contribution in [0.1, 0.15) is 56.6 Å². The van der Waals surface area contributed by atoms with Crippen molar-refractivity contribution >= 4 is 23.6 Å². The summed E-state index contributed by atoms with van der Waals surface area (Å²) in [5, 5.41) is 3.20. The maximum Gasteiger partial charge on any atom is 0.243 e. The molecule has 2 aromatic rings. The summed E-state index contributed by atoms with van der Waals surface area (Å²) in [5.74, 6) is 2.35. The number of amides is 2. The highest BCUT2D eigenvalue weighted by molar-refractivity contribution is 7.98. The lowest BCUT2D eigenvalue weighted by molar-refractivity contribution is -0.141. The van der Waals surface area contributed by atoms with Gasteiger partial charge >= 0.3 is 0 Å². The van der Waals surface area contributed by atoms with Crippen molar-refractivity contribution in [2.75, 3.05) is 12.9 Å². The highest BCUT2D eigenvalue weighted by atomic mass is 32.2. The first-order valence-corrected chi connectivity index (χ1v) is 13.1. The Balaban J connectivity index is 1.67. The van der Waals surface area contributed by atoms with Gasteiger partial charge in [0, 0.05) is 30.5 Å². The van der Waals surface area contributed by atoms with Crippen molar-refractivity contribution in [3.63, 3.8) is 0 Å². The van der Waals surface area contributed by atoms with E-state index in [0.717, 1.165) is 48.5 Å². The molecule has 1 atom stereocenters. The number of nitrogens with zero attached hydrogens (tertiary/aromatic N) is 1. The number of carbonyl (C=O) groups is 2. The van der Waals surface area contributed by atoms with Gasteiger partial charge in [0.05, 0.1) is 7.11 Å². The minimum Gasteiger partial charge on any atom is -0.497 e. The molecule has 3 rings (SSSR count). The molecule has 178 valence electrons. The normalized spacial score (nSPS) is 14.6. The molecule has 1 aliphatic carbocycles. The van der Waals surface area contributed by atoms with E-state index < -0.39 is 6.04 Å². The molecule has 1 unspecified atom stereocenters. The van der Waals surface area contributed by atoms with Crippen LogP contribution in [-0.2, 0) is 21.9 Å². The van der Waals surface area contributed by atoms with E-state index in [0.29, 0.717) is 19.4 Å². The number of hydrogen-bond donors (Lipinski definition) is 1. The van der Waals surface area contributed by atoms with E-state index in [4.69, 9.17) is 4.74 Å². The van der Waals surface area contributed by atoms with Gasteiger partial charge in [-0.3, -0.25) is 9.59 Å². The van der Waals surface area contributed by atoms with E-state index >= 15 is 0 Å². The molecule has 0 heterocycles. The van der Waals surface area contributed by atoms with E-state index in [1.54, 1.807) is 23.8 Å². The number of rotatable bonds is 12. The third-order valence-electron chi connectivity index (χ3n) is 6.15. The van der Waals surface area contributed by atoms with Gasteiger partial charge in [-0.2, -0.15) is 11.8 Å². The Morgan fingerprint density at radius 3 is 2.52 bits per heavy atom. The Labute approximate surface area is 202 Å². The van der Waals surface area contributed by atoms with Crippen LogP contribution in [0.3, 0.4) is 0 Å². The van der Waals surface area contributed by atoms with E-state index in [2.05, 4.69) is 17.4 Å². The average Bonchev–Trinajstić information content (AvgIpc) is 3.35. The Morgan fingerprint density at radius 1 is 1.09 bits per heavy atom. The summed E-state index contributed by atoms with van der Waals surface area (Å²) < 4.78 is 5.36. The fraction of sp³-hybridized carbons (Fsp3) is 0.481. The molecule has 2 amide bonds. The fourth-order valence-corrected chi connectivity index (χ4v) is 5.21. The smallest absolute Gasteiger partial charge is 0.243 e. The Morgan fingerprint density at radius 2 is 1.82 bits per heavy atom. The second-order valence-corrected chi connectivity index (χ2v) is 9.68. The van der Waals surface area contributed by atoms with Crippen molar-refractivity contribution in [1.29, 1.82) is 0 Å². The summed E-state index contributed by atoms with van der Waals surface area (Å²) in [6, 6.07) is 17.8. The number of thioether (sulfide) groups is 1. The molecular formula is C27H36N2O3S. The van der Waals surface area contributed by atoms with Gasteiger partial charge in [-0.05, 0) is 42.5 Å². The second-order valence-electron chi connectivity index (χ2n) is 8.58. The summed E-state index contributed by atoms with van der Waals surface area (Å²) in [4.78, 5) is 28.3. The topological polar surface area (TPSA) is 58.6 Å². The molecule has 0 saturated heterocycles. The molecule has 0 bridgehead atoms. The maximum absolute atomic E-state index is 13.4. The molecule has 1 saturated carbocycles. The highest BCUT2D eigenvalue weighted by Gasteiger charge is 2.30. The van der Waals surface area contributed by atoms with Gasteiger partial charge < -0.3 is 15.0 Å². The van der Waals surface area contributed by atoms with Crippen molar-refractivity contribution in [3.8, 4) is 5.75 Å². The molecule has 0 aromatic heterocycles. The SMILES string of the molecule is CCC(C(=O)NC1CCCC1)N(Cc1cccc(OC)c1)C(=O)CCSCc1ccccc1. The van der Waals surface area contributed by atoms with Gasteiger partial charge in [0.25, 0.3) is 0 Å². The van der Waals surface area contributed by atoms with E-state index in [1.807, 2.05) is 49.4 Å². The Hall–Kier alpha value is -2.47. The van der Waals surface area contributed by atoms with Gasteiger partial charge in [0.15, 0.2) is 0 Å². The zero-order valence-electron chi connectivity index (χ0n) is 19.8. The molecule has 0 aliphatic heterocycles. The summed E-state index contributed by atoms with van der Waals surface area (Å²) in [6.07, 6.45) is 5.38. The average molecular weight is 469 g/mol. The van der Waals surface area contributed by atoms with Crippen LogP contribution in [0, 0.1) is 0 Å². The Bertz CT molecular complexity index is 884. The number of ether oxygens (including phenoxy) is 1. The third kappa shape index (κ3) is 7.81. The second kappa shape index (κ2) is 13.3. The van der Waals surface area contributed by atoms with E-state index in [-0.39, 0.29) is 17.9 Å². The quantitative estimate of drug-likeness (QED) is 0.436. The first-order valence-electron chi connectivity index (χ1n) is 11.9. The molecule has 1 fully saturated rings. The van der Waals surface area contributed by atoms with Crippen LogP contribution in [0.4, 0.5) is 0 Å². The minimum atomic E-state index is -0.469. The van der Waals surface area contributed by atoms with E-state index in [1.165, 1.54) is 5.56 Å². The van der Waals surface area contributed by atoms with Crippen LogP contribution in [0.15, 0.2) is 54.6 Å². The number of methoxy groups -OCH3 is 1. The Kier molecular flexibility index (Phi) is 10.1. The van der Waals surface area contributed by atoms with Gasteiger partial charge in [0.1, 0.15) is 11.8 Å². The third-order valence-corrected chi connectivity index (χ3v) is 7.18. The zero-order valence-corrected chi connectivity index (χ0v) is 20.6. The van der Waals surface area contributed by atoms with Gasteiger partial charge in [-0.25, -0.2) is 0 Å². The lowest BCUT2D eigenvalue weighted by atomic mass is 10.1. The summed E-state index contributed by atoms with van der Waals surface area (Å²) >= 11 is 1.75. The van der Waals surface area contributed by atoms with E-state index in [9.17, 15) is 9.59 Å². The van der Waals surface area contributed by atoms with Crippen LogP contribution >= 0.6 is 11.8 Å². The van der Waals surface area contributed by atoms with Crippen LogP contribution in [0.2, 0.25) is 0 Å². The first kappa shape index (κ1) is 25.2. The molecular weight excluding hydrogens is 432 g/mol. The monoisotopic (exact) mass is 468 g/mol. The van der Waals surface area contributed by atoms with Crippen LogP contribution in [0.5, 0.6) is 5.75 Å². The van der Waals surface area contributed by atoms with Crippen LogP contribution < -0.4 is 10.1 Å². The van der Waals surface area contributed by atoms with Crippen molar-refractivity contribution in [2.24, 2.45) is 0 Å². The molecule has 6 heteroatoms. The first-order chi connectivity index (χ1) is 16.1. The lowest BCUT2D eigenvalue weighted by Gasteiger charge is -2.31. The fourth-order valence-electron chi connectivity index (χ4n) is 4.32. The minimum absolute atomic E-state index is 0.0202. The van der Waals surface area contributed by atoms with Gasteiger partial charge in [-0.15, -0.1) is 0 Å². The van der Waals surface area contributed by atoms with Crippen molar-refractivity contribution < 1.29 is 14.3 Å². The molecule has 5 nitrogen and oxygen atoms in total. The van der Waals surface area contributed by atoms with Gasteiger partial charge in [0.2, 0.25) is 11.8 Å².